The van der Waals surface area contributed by atoms with Gasteiger partial charge >= 0.3 is 11.9 Å². The van der Waals surface area contributed by atoms with Crippen molar-refractivity contribution in [1.29, 1.82) is 0 Å². The Kier molecular flexibility index (Phi) is 7.81. The third kappa shape index (κ3) is 5.39. The van der Waals surface area contributed by atoms with E-state index >= 15 is 0 Å². The van der Waals surface area contributed by atoms with E-state index in [0.29, 0.717) is 11.2 Å². The number of ether oxygens (including phenoxy) is 2. The average molecular weight is 516 g/mol. The first-order valence-corrected chi connectivity index (χ1v) is 11.9. The molecule has 0 saturated heterocycles. The zero-order valence-electron chi connectivity index (χ0n) is 20.8. The molecule has 0 aliphatic rings. The van der Waals surface area contributed by atoms with Crippen molar-refractivity contribution in [3.8, 4) is 5.75 Å². The number of phenolic OH excluding ortho intramolecular Hbond substituents is 1. The molecule has 1 aromatic carbocycles. The van der Waals surface area contributed by atoms with Crippen molar-refractivity contribution in [2.75, 3.05) is 13.2 Å². The van der Waals surface area contributed by atoms with Crippen LogP contribution in [0.4, 0.5) is 0 Å². The molecule has 38 heavy (non-hydrogen) atoms. The highest BCUT2D eigenvalue weighted by atomic mass is 16.5. The summed E-state index contributed by atoms with van der Waals surface area (Å²) in [4.78, 5) is 55.4. The van der Waals surface area contributed by atoms with Crippen LogP contribution in [0.15, 0.2) is 67.0 Å². The monoisotopic (exact) mass is 515 g/mol. The smallest absolute Gasteiger partial charge is 0.341 e. The average Bonchev–Trinajstić information content (AvgIpc) is 3.31. The molecule has 10 heteroatoms. The number of rotatable bonds is 9. The molecule has 0 aliphatic heterocycles. The highest BCUT2D eigenvalue weighted by Gasteiger charge is 2.24. The minimum Gasteiger partial charge on any atom is -0.507 e. The molecule has 0 bridgehead atoms. The van der Waals surface area contributed by atoms with E-state index in [2.05, 4.69) is 10.3 Å². The van der Waals surface area contributed by atoms with Gasteiger partial charge in [0.15, 0.2) is 0 Å². The molecular formula is C28H25N3O7. The third-order valence-electron chi connectivity index (χ3n) is 5.67. The number of nitrogens with one attached hydrogen (secondary N) is 1. The summed E-state index contributed by atoms with van der Waals surface area (Å²) in [7, 11) is 0. The Morgan fingerprint density at radius 1 is 0.895 bits per heavy atom. The molecule has 0 fully saturated rings. The van der Waals surface area contributed by atoms with Gasteiger partial charge in [0, 0.05) is 23.5 Å². The second-order valence-electron chi connectivity index (χ2n) is 8.12. The van der Waals surface area contributed by atoms with E-state index in [1.165, 1.54) is 47.0 Å². The largest absolute Gasteiger partial charge is 0.507 e. The predicted molar refractivity (Wildman–Crippen MR) is 136 cm³/mol. The van der Waals surface area contributed by atoms with Gasteiger partial charge in [-0.25, -0.2) is 9.59 Å². The van der Waals surface area contributed by atoms with Crippen LogP contribution in [0, 0.1) is 0 Å². The Morgan fingerprint density at radius 3 is 2.32 bits per heavy atom. The molecule has 2 N–H and O–H groups in total. The molecule has 0 spiro atoms. The number of aromatic nitrogens is 2. The van der Waals surface area contributed by atoms with Crippen LogP contribution in [0.2, 0.25) is 0 Å². The number of phenols is 1. The van der Waals surface area contributed by atoms with E-state index in [-0.39, 0.29) is 59.4 Å². The third-order valence-corrected chi connectivity index (χ3v) is 5.67. The predicted octanol–water partition coefficient (Wildman–Crippen LogP) is 3.55. The highest BCUT2D eigenvalue weighted by molar-refractivity contribution is 6.12. The highest BCUT2D eigenvalue weighted by Crippen LogP contribution is 2.25. The standard InChI is InChI=1S/C28H25N3O7/c1-3-37-27(35)20-15-23(25(33)17-8-9-24(32)21(13-17)28(36)38-4-2)31-12-10-18(14-22(20)31)26(34)30-16-19-7-5-6-11-29-19/h5-15,32H,3-4,16H2,1-2H3,(H,30,34). The first-order valence-electron chi connectivity index (χ1n) is 11.9. The van der Waals surface area contributed by atoms with Gasteiger partial charge in [-0.2, -0.15) is 0 Å². The maximum Gasteiger partial charge on any atom is 0.341 e. The number of carbonyl (C=O) groups is 4. The van der Waals surface area contributed by atoms with Crippen molar-refractivity contribution in [3.05, 3.63) is 101 Å². The summed E-state index contributed by atoms with van der Waals surface area (Å²) in [5, 5.41) is 12.9. The maximum atomic E-state index is 13.5. The van der Waals surface area contributed by atoms with Crippen LogP contribution in [0.5, 0.6) is 5.75 Å². The number of pyridine rings is 2. The Bertz CT molecular complexity index is 1530. The Hall–Kier alpha value is -4.99. The molecule has 10 nitrogen and oxygen atoms in total. The second kappa shape index (κ2) is 11.4. The van der Waals surface area contributed by atoms with Gasteiger partial charge in [0.05, 0.1) is 42.2 Å². The second-order valence-corrected chi connectivity index (χ2v) is 8.12. The molecule has 0 atom stereocenters. The zero-order chi connectivity index (χ0) is 27.2. The number of aromatic hydroxyl groups is 1. The van der Waals surface area contributed by atoms with Gasteiger partial charge in [-0.1, -0.05) is 6.07 Å². The van der Waals surface area contributed by atoms with Crippen LogP contribution >= 0.6 is 0 Å². The number of fused-ring (bicyclic) bond motifs is 1. The van der Waals surface area contributed by atoms with Crippen LogP contribution < -0.4 is 5.32 Å². The van der Waals surface area contributed by atoms with Crippen molar-refractivity contribution in [3.63, 3.8) is 0 Å². The van der Waals surface area contributed by atoms with Crippen LogP contribution in [0.3, 0.4) is 0 Å². The minimum absolute atomic E-state index is 0.0952. The van der Waals surface area contributed by atoms with Crippen molar-refractivity contribution >= 4 is 29.1 Å². The molecule has 0 radical (unpaired) electrons. The first kappa shape index (κ1) is 26.1. The fourth-order valence-corrected chi connectivity index (χ4v) is 3.86. The van der Waals surface area contributed by atoms with E-state index < -0.39 is 17.7 Å². The van der Waals surface area contributed by atoms with Gasteiger partial charge in [-0.05, 0) is 62.4 Å². The first-order chi connectivity index (χ1) is 18.3. The molecule has 0 saturated carbocycles. The van der Waals surface area contributed by atoms with E-state index in [0.717, 1.165) is 0 Å². The van der Waals surface area contributed by atoms with Gasteiger partial charge in [-0.15, -0.1) is 0 Å². The van der Waals surface area contributed by atoms with Gasteiger partial charge in [-0.3, -0.25) is 14.6 Å². The maximum absolute atomic E-state index is 13.5. The van der Waals surface area contributed by atoms with Gasteiger partial charge in [0.25, 0.3) is 5.91 Å². The van der Waals surface area contributed by atoms with Crippen molar-refractivity contribution in [1.82, 2.24) is 14.7 Å². The Morgan fingerprint density at radius 2 is 1.63 bits per heavy atom. The lowest BCUT2D eigenvalue weighted by molar-refractivity contribution is 0.0515. The number of amides is 1. The van der Waals surface area contributed by atoms with E-state index in [1.807, 2.05) is 6.07 Å². The summed E-state index contributed by atoms with van der Waals surface area (Å²) in [6.07, 6.45) is 3.13. The summed E-state index contributed by atoms with van der Waals surface area (Å²) < 4.78 is 11.6. The summed E-state index contributed by atoms with van der Waals surface area (Å²) in [5.41, 5.74) is 1.38. The van der Waals surface area contributed by atoms with Crippen LogP contribution in [0.1, 0.15) is 66.7 Å². The zero-order valence-corrected chi connectivity index (χ0v) is 20.8. The Labute approximate surface area is 217 Å². The van der Waals surface area contributed by atoms with Crippen molar-refractivity contribution in [2.24, 2.45) is 0 Å². The van der Waals surface area contributed by atoms with Gasteiger partial charge in [0.2, 0.25) is 5.78 Å². The molecule has 1 amide bonds. The van der Waals surface area contributed by atoms with E-state index in [4.69, 9.17) is 9.47 Å². The van der Waals surface area contributed by atoms with E-state index in [9.17, 15) is 24.3 Å². The quantitative estimate of drug-likeness (QED) is 0.255. The minimum atomic E-state index is -0.770. The van der Waals surface area contributed by atoms with Gasteiger partial charge < -0.3 is 24.3 Å². The number of benzene rings is 1. The number of hydrogen-bond donors (Lipinski definition) is 2. The molecule has 3 aromatic heterocycles. The van der Waals surface area contributed by atoms with Crippen molar-refractivity contribution < 1.29 is 33.8 Å². The van der Waals surface area contributed by atoms with Crippen LogP contribution in [-0.4, -0.2) is 51.3 Å². The summed E-state index contributed by atoms with van der Waals surface area (Å²) >= 11 is 0. The lowest BCUT2D eigenvalue weighted by Crippen LogP contribution is -2.23. The number of esters is 2. The lowest BCUT2D eigenvalue weighted by Gasteiger charge is -2.09. The molecule has 0 aliphatic carbocycles. The molecule has 0 unspecified atom stereocenters. The Balaban J connectivity index is 1.72. The summed E-state index contributed by atoms with van der Waals surface area (Å²) in [6.45, 7) is 3.71. The molecule has 4 aromatic rings. The fraction of sp³-hybridized carbons (Fsp3) is 0.179. The number of hydrogen-bond acceptors (Lipinski definition) is 8. The number of ketones is 1. The molecule has 3 heterocycles. The van der Waals surface area contributed by atoms with Crippen LogP contribution in [-0.2, 0) is 16.0 Å². The summed E-state index contributed by atoms with van der Waals surface area (Å²) in [5.74, 6) is -2.66. The van der Waals surface area contributed by atoms with Crippen LogP contribution in [0.25, 0.3) is 5.52 Å². The molecule has 194 valence electrons. The number of carbonyl (C=O) groups excluding carboxylic acids is 4. The molecule has 4 rings (SSSR count). The fourth-order valence-electron chi connectivity index (χ4n) is 3.86. The molecular weight excluding hydrogens is 490 g/mol. The summed E-state index contributed by atoms with van der Waals surface area (Å²) in [6, 6.07) is 13.6. The lowest BCUT2D eigenvalue weighted by atomic mass is 10.0. The van der Waals surface area contributed by atoms with Gasteiger partial charge in [0.1, 0.15) is 11.3 Å². The number of nitrogens with zero attached hydrogens (tertiary/aromatic N) is 2. The normalized spacial score (nSPS) is 10.7. The topological polar surface area (TPSA) is 136 Å². The van der Waals surface area contributed by atoms with Crippen molar-refractivity contribution in [2.45, 2.75) is 20.4 Å². The van der Waals surface area contributed by atoms with E-state index in [1.54, 1.807) is 32.2 Å². The SMILES string of the molecule is CCOC(=O)c1cc(C(=O)c2cc(C(=O)OCC)c3cc(C(=O)NCc4ccccn4)ccn23)ccc1O.